The second kappa shape index (κ2) is 9.58. The van der Waals surface area contributed by atoms with Crippen LogP contribution in [0.25, 0.3) is 10.1 Å². The van der Waals surface area contributed by atoms with Crippen LogP contribution >= 0.6 is 11.3 Å². The van der Waals surface area contributed by atoms with Crippen LogP contribution in [0.5, 0.6) is 0 Å². The Hall–Kier alpha value is -3.44. The molecule has 1 heterocycles. The normalized spacial score (nSPS) is 10.9. The molecule has 0 saturated carbocycles. The Morgan fingerprint density at radius 2 is 1.45 bits per heavy atom. The van der Waals surface area contributed by atoms with Crippen molar-refractivity contribution in [2.24, 2.45) is 0 Å². The SMILES string of the molecule is CCOC(=O)c1c(NC(=O)CC(c2ccccc2)c2ccccc2)sc2ccccc12. The Labute approximate surface area is 185 Å². The Morgan fingerprint density at radius 1 is 0.871 bits per heavy atom. The molecule has 0 saturated heterocycles. The van der Waals surface area contributed by atoms with Gasteiger partial charge in [0.25, 0.3) is 0 Å². The molecule has 3 aromatic carbocycles. The van der Waals surface area contributed by atoms with E-state index in [2.05, 4.69) is 5.32 Å². The van der Waals surface area contributed by atoms with Crippen molar-refractivity contribution >= 4 is 38.3 Å². The maximum absolute atomic E-state index is 13.1. The largest absolute Gasteiger partial charge is 0.462 e. The Balaban J connectivity index is 1.64. The minimum Gasteiger partial charge on any atom is -0.462 e. The molecule has 5 heteroatoms. The number of ether oxygens (including phenoxy) is 1. The van der Waals surface area contributed by atoms with Crippen LogP contribution in [0.3, 0.4) is 0 Å². The second-order valence-corrected chi connectivity index (χ2v) is 8.20. The minimum absolute atomic E-state index is 0.0807. The average Bonchev–Trinajstić information content (AvgIpc) is 3.16. The van der Waals surface area contributed by atoms with Gasteiger partial charge in [-0.25, -0.2) is 4.79 Å². The molecule has 4 rings (SSSR count). The van der Waals surface area contributed by atoms with Crippen LogP contribution in [0.1, 0.15) is 40.7 Å². The lowest BCUT2D eigenvalue weighted by Gasteiger charge is -2.18. The monoisotopic (exact) mass is 429 g/mol. The van der Waals surface area contributed by atoms with Gasteiger partial charge in [-0.3, -0.25) is 4.79 Å². The summed E-state index contributed by atoms with van der Waals surface area (Å²) in [6.45, 7) is 2.05. The maximum atomic E-state index is 13.1. The molecule has 0 radical (unpaired) electrons. The summed E-state index contributed by atoms with van der Waals surface area (Å²) in [5, 5.41) is 4.32. The molecular weight excluding hydrogens is 406 g/mol. The van der Waals surface area contributed by atoms with E-state index in [-0.39, 0.29) is 24.9 Å². The first-order valence-corrected chi connectivity index (χ1v) is 11.1. The Kier molecular flexibility index (Phi) is 6.43. The summed E-state index contributed by atoms with van der Waals surface area (Å²) in [6, 6.07) is 27.6. The summed E-state index contributed by atoms with van der Waals surface area (Å²) in [7, 11) is 0. The first kappa shape index (κ1) is 20.8. The van der Waals surface area contributed by atoms with Crippen LogP contribution < -0.4 is 5.32 Å². The van der Waals surface area contributed by atoms with Crippen molar-refractivity contribution in [3.8, 4) is 0 Å². The van der Waals surface area contributed by atoms with Gasteiger partial charge in [-0.2, -0.15) is 0 Å². The quantitative estimate of drug-likeness (QED) is 0.354. The molecule has 0 atom stereocenters. The van der Waals surface area contributed by atoms with Crippen LogP contribution in [0.15, 0.2) is 84.9 Å². The van der Waals surface area contributed by atoms with Crippen molar-refractivity contribution < 1.29 is 14.3 Å². The van der Waals surface area contributed by atoms with Gasteiger partial charge in [-0.1, -0.05) is 78.9 Å². The van der Waals surface area contributed by atoms with Crippen molar-refractivity contribution in [3.05, 3.63) is 102 Å². The molecule has 156 valence electrons. The van der Waals surface area contributed by atoms with Crippen LogP contribution in [0.4, 0.5) is 5.00 Å². The lowest BCUT2D eigenvalue weighted by molar-refractivity contribution is -0.116. The fraction of sp³-hybridized carbons (Fsp3) is 0.154. The number of fused-ring (bicyclic) bond motifs is 1. The molecule has 1 amide bonds. The number of benzene rings is 3. The van der Waals surface area contributed by atoms with Crippen molar-refractivity contribution in [3.63, 3.8) is 0 Å². The summed E-state index contributed by atoms with van der Waals surface area (Å²) in [5.74, 6) is -0.643. The number of rotatable bonds is 7. The molecular formula is C26H23NO3S. The third-order valence-corrected chi connectivity index (χ3v) is 6.21. The zero-order valence-electron chi connectivity index (χ0n) is 17.2. The summed E-state index contributed by atoms with van der Waals surface area (Å²) in [4.78, 5) is 25.7. The number of carbonyl (C=O) groups is 2. The highest BCUT2D eigenvalue weighted by molar-refractivity contribution is 7.23. The van der Waals surface area contributed by atoms with Gasteiger partial charge < -0.3 is 10.1 Å². The third-order valence-electron chi connectivity index (χ3n) is 5.12. The third kappa shape index (κ3) is 4.67. The van der Waals surface area contributed by atoms with Gasteiger partial charge in [-0.15, -0.1) is 11.3 Å². The summed E-state index contributed by atoms with van der Waals surface area (Å²) in [5.41, 5.74) is 2.57. The predicted molar refractivity (Wildman–Crippen MR) is 126 cm³/mol. The molecule has 0 aliphatic carbocycles. The molecule has 0 unspecified atom stereocenters. The number of esters is 1. The first-order chi connectivity index (χ1) is 15.2. The average molecular weight is 430 g/mol. The smallest absolute Gasteiger partial charge is 0.341 e. The number of amides is 1. The lowest BCUT2D eigenvalue weighted by atomic mass is 9.88. The predicted octanol–water partition coefficient (Wildman–Crippen LogP) is 6.24. The molecule has 0 bridgehead atoms. The standard InChI is InChI=1S/C26H23NO3S/c1-2-30-26(29)24-20-15-9-10-16-22(20)31-25(24)27-23(28)17-21(18-11-5-3-6-12-18)19-13-7-4-8-14-19/h3-16,21H,2,17H2,1H3,(H,27,28). The van der Waals surface area contributed by atoms with Gasteiger partial charge in [0.1, 0.15) is 10.6 Å². The van der Waals surface area contributed by atoms with E-state index in [1.165, 1.54) is 11.3 Å². The molecule has 4 aromatic rings. The molecule has 31 heavy (non-hydrogen) atoms. The van der Waals surface area contributed by atoms with Gasteiger partial charge in [0.15, 0.2) is 0 Å². The fourth-order valence-corrected chi connectivity index (χ4v) is 4.81. The van der Waals surface area contributed by atoms with E-state index in [9.17, 15) is 9.59 Å². The van der Waals surface area contributed by atoms with Gasteiger partial charge in [-0.05, 0) is 24.1 Å². The number of thiophene rings is 1. The van der Waals surface area contributed by atoms with E-state index in [1.807, 2.05) is 84.9 Å². The van der Waals surface area contributed by atoms with Crippen LogP contribution in [0.2, 0.25) is 0 Å². The number of anilines is 1. The number of nitrogens with one attached hydrogen (secondary N) is 1. The fourth-order valence-electron chi connectivity index (χ4n) is 3.70. The lowest BCUT2D eigenvalue weighted by Crippen LogP contribution is -2.17. The van der Waals surface area contributed by atoms with Crippen molar-refractivity contribution in [2.45, 2.75) is 19.3 Å². The Morgan fingerprint density at radius 3 is 2.06 bits per heavy atom. The minimum atomic E-state index is -0.419. The highest BCUT2D eigenvalue weighted by Gasteiger charge is 2.23. The summed E-state index contributed by atoms with van der Waals surface area (Å²) < 4.78 is 6.19. The summed E-state index contributed by atoms with van der Waals surface area (Å²) in [6.07, 6.45) is 0.268. The van der Waals surface area contributed by atoms with Gasteiger partial charge in [0, 0.05) is 22.4 Å². The molecule has 1 aromatic heterocycles. The van der Waals surface area contributed by atoms with Crippen molar-refractivity contribution in [1.29, 1.82) is 0 Å². The number of hydrogen-bond donors (Lipinski definition) is 1. The number of carbonyl (C=O) groups excluding carboxylic acids is 2. The van der Waals surface area contributed by atoms with Crippen LogP contribution in [-0.2, 0) is 9.53 Å². The molecule has 4 nitrogen and oxygen atoms in total. The Bertz CT molecular complexity index is 1150. The van der Waals surface area contributed by atoms with E-state index in [0.29, 0.717) is 10.6 Å². The van der Waals surface area contributed by atoms with Crippen molar-refractivity contribution in [2.75, 3.05) is 11.9 Å². The highest BCUT2D eigenvalue weighted by atomic mass is 32.1. The van der Waals surface area contributed by atoms with E-state index in [0.717, 1.165) is 21.2 Å². The van der Waals surface area contributed by atoms with Crippen LogP contribution in [-0.4, -0.2) is 18.5 Å². The first-order valence-electron chi connectivity index (χ1n) is 10.3. The van der Waals surface area contributed by atoms with Crippen molar-refractivity contribution in [1.82, 2.24) is 0 Å². The van der Waals surface area contributed by atoms with Gasteiger partial charge >= 0.3 is 5.97 Å². The molecule has 0 fully saturated rings. The molecule has 0 spiro atoms. The van der Waals surface area contributed by atoms with E-state index >= 15 is 0 Å². The van der Waals surface area contributed by atoms with Gasteiger partial charge in [0.2, 0.25) is 5.91 Å². The topological polar surface area (TPSA) is 55.4 Å². The molecule has 0 aliphatic rings. The summed E-state index contributed by atoms with van der Waals surface area (Å²) >= 11 is 1.39. The molecule has 0 aliphatic heterocycles. The maximum Gasteiger partial charge on any atom is 0.341 e. The van der Waals surface area contributed by atoms with E-state index in [4.69, 9.17) is 4.74 Å². The van der Waals surface area contributed by atoms with Crippen LogP contribution in [0, 0.1) is 0 Å². The van der Waals surface area contributed by atoms with E-state index < -0.39 is 5.97 Å². The zero-order valence-corrected chi connectivity index (χ0v) is 18.0. The van der Waals surface area contributed by atoms with E-state index in [1.54, 1.807) is 6.92 Å². The zero-order chi connectivity index (χ0) is 21.6. The van der Waals surface area contributed by atoms with Gasteiger partial charge in [0.05, 0.1) is 6.61 Å². The second-order valence-electron chi connectivity index (χ2n) is 7.15. The molecule has 1 N–H and O–H groups in total. The number of hydrogen-bond acceptors (Lipinski definition) is 4. The highest BCUT2D eigenvalue weighted by Crippen LogP contribution is 2.37.